The fourth-order valence-electron chi connectivity index (χ4n) is 2.84. The molecule has 0 amide bonds. The van der Waals surface area contributed by atoms with Crippen LogP contribution in [0.25, 0.3) is 11.3 Å². The number of sulfone groups is 1. The Morgan fingerprint density at radius 1 is 1.33 bits per heavy atom. The highest BCUT2D eigenvalue weighted by Crippen LogP contribution is 2.32. The number of aromatic nitrogens is 2. The summed E-state index contributed by atoms with van der Waals surface area (Å²) in [5, 5.41) is 4.60. The van der Waals surface area contributed by atoms with Gasteiger partial charge in [0, 0.05) is 11.1 Å². The predicted octanol–water partition coefficient (Wildman–Crippen LogP) is 2.11. The fraction of sp³-hybridized carbons (Fsp3) is 0.400. The molecule has 1 aromatic heterocycles. The zero-order valence-electron chi connectivity index (χ0n) is 12.2. The lowest BCUT2D eigenvalue weighted by Gasteiger charge is -2.10. The van der Waals surface area contributed by atoms with Crippen molar-refractivity contribution < 1.29 is 8.42 Å². The Hall–Kier alpha value is -1.82. The third-order valence-electron chi connectivity index (χ3n) is 4.04. The van der Waals surface area contributed by atoms with E-state index < -0.39 is 9.84 Å². The number of nitrogen functional groups attached to an aromatic ring is 1. The summed E-state index contributed by atoms with van der Waals surface area (Å²) < 4.78 is 25.0. The van der Waals surface area contributed by atoms with Crippen LogP contribution in [0, 0.1) is 13.8 Å². The summed E-state index contributed by atoms with van der Waals surface area (Å²) in [6.45, 7) is 3.96. The average molecular weight is 305 g/mol. The van der Waals surface area contributed by atoms with E-state index in [1.165, 1.54) is 0 Å². The lowest BCUT2D eigenvalue weighted by atomic mass is 10.1. The van der Waals surface area contributed by atoms with E-state index in [2.05, 4.69) is 11.2 Å². The number of rotatable bonds is 2. The van der Waals surface area contributed by atoms with Crippen LogP contribution in [0.5, 0.6) is 0 Å². The summed E-state index contributed by atoms with van der Waals surface area (Å²) in [5.74, 6) is 0.912. The first-order valence-corrected chi connectivity index (χ1v) is 8.81. The van der Waals surface area contributed by atoms with Crippen molar-refractivity contribution in [1.29, 1.82) is 0 Å². The van der Waals surface area contributed by atoms with Gasteiger partial charge in [-0.15, -0.1) is 0 Å². The second kappa shape index (κ2) is 4.87. The standard InChI is InChI=1S/C15H19N3O2S/c1-10-4-3-5-12(8-10)14-11(2)15(16)18(17-14)13-6-7-21(19,20)9-13/h3-5,8,13H,6-7,9,16H2,1-2H3. The zero-order valence-corrected chi connectivity index (χ0v) is 13.0. The van der Waals surface area contributed by atoms with E-state index in [0.29, 0.717) is 12.2 Å². The van der Waals surface area contributed by atoms with Gasteiger partial charge in [0.2, 0.25) is 0 Å². The fourth-order valence-corrected chi connectivity index (χ4v) is 4.53. The topological polar surface area (TPSA) is 78.0 Å². The molecule has 112 valence electrons. The second-order valence-electron chi connectivity index (χ2n) is 5.73. The minimum absolute atomic E-state index is 0.131. The quantitative estimate of drug-likeness (QED) is 0.921. The van der Waals surface area contributed by atoms with Crippen molar-refractivity contribution >= 4 is 15.7 Å². The van der Waals surface area contributed by atoms with Crippen LogP contribution in [0.1, 0.15) is 23.6 Å². The maximum atomic E-state index is 11.7. The minimum Gasteiger partial charge on any atom is -0.384 e. The van der Waals surface area contributed by atoms with Crippen molar-refractivity contribution in [3.05, 3.63) is 35.4 Å². The Morgan fingerprint density at radius 3 is 2.71 bits per heavy atom. The molecular weight excluding hydrogens is 286 g/mol. The third kappa shape index (κ3) is 2.55. The lowest BCUT2D eigenvalue weighted by Crippen LogP contribution is -2.14. The van der Waals surface area contributed by atoms with Crippen molar-refractivity contribution in [1.82, 2.24) is 9.78 Å². The minimum atomic E-state index is -2.95. The molecule has 0 radical (unpaired) electrons. The molecule has 1 aliphatic heterocycles. The monoisotopic (exact) mass is 305 g/mol. The highest BCUT2D eigenvalue weighted by atomic mass is 32.2. The zero-order chi connectivity index (χ0) is 15.2. The van der Waals surface area contributed by atoms with E-state index in [-0.39, 0.29) is 17.5 Å². The van der Waals surface area contributed by atoms with Gasteiger partial charge in [-0.25, -0.2) is 13.1 Å². The first kappa shape index (κ1) is 14.1. The summed E-state index contributed by atoms with van der Waals surface area (Å²) >= 11 is 0. The number of hydrogen-bond acceptors (Lipinski definition) is 4. The van der Waals surface area contributed by atoms with E-state index in [9.17, 15) is 8.42 Å². The van der Waals surface area contributed by atoms with Crippen LogP contribution in [0.3, 0.4) is 0 Å². The van der Waals surface area contributed by atoms with Crippen LogP contribution in [0.15, 0.2) is 24.3 Å². The maximum absolute atomic E-state index is 11.7. The molecule has 2 aromatic rings. The van der Waals surface area contributed by atoms with Crippen LogP contribution >= 0.6 is 0 Å². The highest BCUT2D eigenvalue weighted by molar-refractivity contribution is 7.91. The molecule has 1 aromatic carbocycles. The van der Waals surface area contributed by atoms with Gasteiger partial charge in [-0.2, -0.15) is 5.10 Å². The van der Waals surface area contributed by atoms with E-state index in [4.69, 9.17) is 5.73 Å². The maximum Gasteiger partial charge on any atom is 0.152 e. The normalized spacial score (nSPS) is 20.8. The molecular formula is C15H19N3O2S. The molecule has 5 nitrogen and oxygen atoms in total. The Labute approximate surface area is 124 Å². The van der Waals surface area contributed by atoms with E-state index in [1.807, 2.05) is 32.0 Å². The molecule has 3 rings (SSSR count). The van der Waals surface area contributed by atoms with Gasteiger partial charge in [0.05, 0.1) is 23.2 Å². The summed E-state index contributed by atoms with van der Waals surface area (Å²) in [6, 6.07) is 7.93. The summed E-state index contributed by atoms with van der Waals surface area (Å²) in [6.07, 6.45) is 0.584. The molecule has 0 saturated carbocycles. The van der Waals surface area contributed by atoms with Crippen LogP contribution in [-0.4, -0.2) is 29.7 Å². The molecule has 1 fully saturated rings. The van der Waals surface area contributed by atoms with E-state index in [1.54, 1.807) is 4.68 Å². The van der Waals surface area contributed by atoms with E-state index in [0.717, 1.165) is 22.4 Å². The SMILES string of the molecule is Cc1cccc(-c2nn(C3CCS(=O)(=O)C3)c(N)c2C)c1. The van der Waals surface area contributed by atoms with Gasteiger partial charge in [-0.3, -0.25) is 0 Å². The molecule has 1 aliphatic rings. The molecule has 2 N–H and O–H groups in total. The number of nitrogens with zero attached hydrogens (tertiary/aromatic N) is 2. The van der Waals surface area contributed by atoms with Crippen molar-refractivity contribution in [3.63, 3.8) is 0 Å². The van der Waals surface area contributed by atoms with E-state index >= 15 is 0 Å². The van der Waals surface area contributed by atoms with Crippen molar-refractivity contribution in [3.8, 4) is 11.3 Å². The Bertz CT molecular complexity index is 793. The van der Waals surface area contributed by atoms with Gasteiger partial charge < -0.3 is 5.73 Å². The van der Waals surface area contributed by atoms with Gasteiger partial charge in [0.15, 0.2) is 9.84 Å². The first-order chi connectivity index (χ1) is 9.87. The third-order valence-corrected chi connectivity index (χ3v) is 5.79. The second-order valence-corrected chi connectivity index (χ2v) is 7.96. The summed E-state index contributed by atoms with van der Waals surface area (Å²) in [7, 11) is -2.95. The summed E-state index contributed by atoms with van der Waals surface area (Å²) in [4.78, 5) is 0. The van der Waals surface area contributed by atoms with Crippen molar-refractivity contribution in [2.75, 3.05) is 17.2 Å². The van der Waals surface area contributed by atoms with Gasteiger partial charge in [0.25, 0.3) is 0 Å². The Balaban J connectivity index is 2.04. The van der Waals surface area contributed by atoms with Crippen molar-refractivity contribution in [2.45, 2.75) is 26.3 Å². The highest BCUT2D eigenvalue weighted by Gasteiger charge is 2.31. The van der Waals surface area contributed by atoms with Crippen LogP contribution in [0.4, 0.5) is 5.82 Å². The smallest absolute Gasteiger partial charge is 0.152 e. The number of anilines is 1. The number of aryl methyl sites for hydroxylation is 1. The molecule has 1 saturated heterocycles. The molecule has 1 unspecified atom stereocenters. The molecule has 0 aliphatic carbocycles. The van der Waals surface area contributed by atoms with Gasteiger partial charge in [-0.05, 0) is 26.3 Å². The molecule has 1 atom stereocenters. The molecule has 2 heterocycles. The molecule has 21 heavy (non-hydrogen) atoms. The van der Waals surface area contributed by atoms with Gasteiger partial charge >= 0.3 is 0 Å². The average Bonchev–Trinajstić information content (AvgIpc) is 2.91. The Kier molecular flexibility index (Phi) is 3.28. The predicted molar refractivity (Wildman–Crippen MR) is 83.9 cm³/mol. The van der Waals surface area contributed by atoms with Crippen molar-refractivity contribution in [2.24, 2.45) is 0 Å². The molecule has 0 spiro atoms. The summed E-state index contributed by atoms with van der Waals surface area (Å²) in [5.41, 5.74) is 10.1. The first-order valence-electron chi connectivity index (χ1n) is 6.99. The number of hydrogen-bond donors (Lipinski definition) is 1. The lowest BCUT2D eigenvalue weighted by molar-refractivity contribution is 0.508. The van der Waals surface area contributed by atoms with Crippen LogP contribution in [0.2, 0.25) is 0 Å². The van der Waals surface area contributed by atoms with Gasteiger partial charge in [0.1, 0.15) is 5.82 Å². The molecule has 0 bridgehead atoms. The molecule has 6 heteroatoms. The Morgan fingerprint density at radius 2 is 2.10 bits per heavy atom. The van der Waals surface area contributed by atoms with Crippen LogP contribution in [-0.2, 0) is 9.84 Å². The number of benzene rings is 1. The number of nitrogens with two attached hydrogens (primary N) is 1. The van der Waals surface area contributed by atoms with Gasteiger partial charge in [-0.1, -0.05) is 23.8 Å². The van der Waals surface area contributed by atoms with Crippen LogP contribution < -0.4 is 5.73 Å². The largest absolute Gasteiger partial charge is 0.384 e.